The van der Waals surface area contributed by atoms with Crippen LogP contribution in [0.3, 0.4) is 0 Å². The van der Waals surface area contributed by atoms with Crippen LogP contribution < -0.4 is 5.32 Å². The van der Waals surface area contributed by atoms with Gasteiger partial charge >= 0.3 is 6.18 Å². The van der Waals surface area contributed by atoms with E-state index in [4.69, 9.17) is 11.6 Å². The maximum Gasteiger partial charge on any atom is 0.417 e. The molecule has 190 valence electrons. The molecule has 5 rings (SSSR count). The van der Waals surface area contributed by atoms with E-state index in [2.05, 4.69) is 20.3 Å². The number of alkyl halides is 3. The summed E-state index contributed by atoms with van der Waals surface area (Å²) >= 11 is 5.62. The molecule has 0 unspecified atom stereocenters. The number of ketones is 1. The van der Waals surface area contributed by atoms with Gasteiger partial charge in [-0.3, -0.25) is 19.1 Å². The zero-order chi connectivity index (χ0) is 27.0. The van der Waals surface area contributed by atoms with Crippen LogP contribution in [-0.2, 0) is 6.18 Å². The zero-order valence-corrected chi connectivity index (χ0v) is 20.4. The van der Waals surface area contributed by atoms with Gasteiger partial charge in [0.25, 0.3) is 5.91 Å². The monoisotopic (exact) mass is 535 g/mol. The van der Waals surface area contributed by atoms with Gasteiger partial charge in [0.2, 0.25) is 0 Å². The van der Waals surface area contributed by atoms with Gasteiger partial charge in [-0.25, -0.2) is 9.97 Å². The molecule has 2 heterocycles. The van der Waals surface area contributed by atoms with E-state index in [1.54, 1.807) is 41.5 Å². The average Bonchev–Trinajstić information content (AvgIpc) is 3.33. The number of nitrogens with one attached hydrogen (secondary N) is 1. The van der Waals surface area contributed by atoms with E-state index >= 15 is 0 Å². The number of fused-ring (bicyclic) bond motifs is 1. The van der Waals surface area contributed by atoms with Crippen LogP contribution in [0, 0.1) is 6.92 Å². The fourth-order valence-electron chi connectivity index (χ4n) is 3.82. The second-order valence-electron chi connectivity index (χ2n) is 8.39. The SMILES string of the molecule is Cc1cncn1-c1cnc2ccc(C(=O)c3ccc(NC(=O)c4ccc(Cl)c(C(F)(F)F)c4)cc3)cc2n1. The number of halogens is 4. The summed E-state index contributed by atoms with van der Waals surface area (Å²) in [5.41, 5.74) is 1.79. The van der Waals surface area contributed by atoms with Gasteiger partial charge in [0.15, 0.2) is 11.6 Å². The number of nitrogens with zero attached hydrogens (tertiary/aromatic N) is 4. The molecular weight excluding hydrogens is 519 g/mol. The van der Waals surface area contributed by atoms with Crippen molar-refractivity contribution in [3.05, 3.63) is 112 Å². The predicted molar refractivity (Wildman–Crippen MR) is 136 cm³/mol. The Labute approximate surface area is 218 Å². The first-order chi connectivity index (χ1) is 18.1. The van der Waals surface area contributed by atoms with Crippen LogP contribution in [0.2, 0.25) is 5.02 Å². The van der Waals surface area contributed by atoms with E-state index in [-0.39, 0.29) is 11.3 Å². The Morgan fingerprint density at radius 1 is 0.895 bits per heavy atom. The standard InChI is InChI=1S/C27H17ClF3N5O2/c1-15-12-32-14-36(15)24-13-33-22-9-5-17(11-23(22)35-24)25(37)16-2-6-19(7-3-16)34-26(38)18-4-8-21(28)20(10-18)27(29,30)31/h2-14H,1H3,(H,34,38). The number of aromatic nitrogens is 4. The molecule has 0 aliphatic carbocycles. The number of hydrogen-bond donors (Lipinski definition) is 1. The van der Waals surface area contributed by atoms with Crippen molar-refractivity contribution in [2.45, 2.75) is 13.1 Å². The van der Waals surface area contributed by atoms with Crippen molar-refractivity contribution in [1.29, 1.82) is 0 Å². The lowest BCUT2D eigenvalue weighted by atomic mass is 10.0. The van der Waals surface area contributed by atoms with Crippen molar-refractivity contribution in [3.8, 4) is 5.82 Å². The van der Waals surface area contributed by atoms with Gasteiger partial charge in [-0.2, -0.15) is 13.2 Å². The van der Waals surface area contributed by atoms with Crippen LogP contribution in [0.1, 0.15) is 37.5 Å². The normalized spacial score (nSPS) is 11.5. The highest BCUT2D eigenvalue weighted by Crippen LogP contribution is 2.35. The molecule has 7 nitrogen and oxygen atoms in total. The number of aryl methyl sites for hydroxylation is 1. The summed E-state index contributed by atoms with van der Waals surface area (Å²) in [6, 6.07) is 13.9. The highest BCUT2D eigenvalue weighted by molar-refractivity contribution is 6.31. The average molecular weight is 536 g/mol. The minimum absolute atomic E-state index is 0.204. The Balaban J connectivity index is 1.34. The molecule has 0 spiro atoms. The fourth-order valence-corrected chi connectivity index (χ4v) is 4.04. The van der Waals surface area contributed by atoms with Gasteiger partial charge < -0.3 is 5.32 Å². The Hall–Kier alpha value is -4.57. The summed E-state index contributed by atoms with van der Waals surface area (Å²) < 4.78 is 41.1. The van der Waals surface area contributed by atoms with E-state index < -0.39 is 22.7 Å². The third-order valence-corrected chi connectivity index (χ3v) is 6.13. The molecule has 0 bridgehead atoms. The molecule has 0 aliphatic heterocycles. The lowest BCUT2D eigenvalue weighted by Crippen LogP contribution is -2.14. The highest BCUT2D eigenvalue weighted by atomic mass is 35.5. The van der Waals surface area contributed by atoms with Crippen LogP contribution in [0.25, 0.3) is 16.9 Å². The summed E-state index contributed by atoms with van der Waals surface area (Å²) in [4.78, 5) is 38.7. The van der Waals surface area contributed by atoms with Crippen LogP contribution in [0.5, 0.6) is 0 Å². The van der Waals surface area contributed by atoms with Crippen LogP contribution in [0.15, 0.2) is 79.4 Å². The second kappa shape index (κ2) is 9.71. The van der Waals surface area contributed by atoms with Crippen LogP contribution in [0.4, 0.5) is 18.9 Å². The molecular formula is C27H17ClF3N5O2. The van der Waals surface area contributed by atoms with Crippen LogP contribution in [-0.4, -0.2) is 31.2 Å². The van der Waals surface area contributed by atoms with Gasteiger partial charge in [0.1, 0.15) is 6.33 Å². The molecule has 5 aromatic rings. The molecule has 1 N–H and O–H groups in total. The Bertz CT molecular complexity index is 1700. The zero-order valence-electron chi connectivity index (χ0n) is 19.6. The van der Waals surface area contributed by atoms with E-state index in [1.165, 1.54) is 30.3 Å². The van der Waals surface area contributed by atoms with Crippen molar-refractivity contribution < 1.29 is 22.8 Å². The van der Waals surface area contributed by atoms with Gasteiger partial charge in [0.05, 0.1) is 27.8 Å². The highest BCUT2D eigenvalue weighted by Gasteiger charge is 2.33. The number of benzene rings is 3. The second-order valence-corrected chi connectivity index (χ2v) is 8.80. The minimum atomic E-state index is -4.69. The molecule has 0 saturated carbocycles. The molecule has 0 aliphatic rings. The fraction of sp³-hybridized carbons (Fsp3) is 0.0741. The molecule has 0 fully saturated rings. The molecule has 11 heteroatoms. The van der Waals surface area contributed by atoms with Crippen molar-refractivity contribution in [2.24, 2.45) is 0 Å². The maximum atomic E-state index is 13.1. The van der Waals surface area contributed by atoms with Gasteiger partial charge in [-0.1, -0.05) is 11.6 Å². The van der Waals surface area contributed by atoms with E-state index in [0.717, 1.165) is 11.8 Å². The van der Waals surface area contributed by atoms with Gasteiger partial charge in [0, 0.05) is 34.3 Å². The molecule has 0 atom stereocenters. The van der Waals surface area contributed by atoms with E-state index in [1.807, 2.05) is 6.92 Å². The van der Waals surface area contributed by atoms with Gasteiger partial charge in [-0.15, -0.1) is 0 Å². The Morgan fingerprint density at radius 3 is 2.29 bits per heavy atom. The van der Waals surface area contributed by atoms with Crippen molar-refractivity contribution in [2.75, 3.05) is 5.32 Å². The first kappa shape index (κ1) is 25.1. The predicted octanol–water partition coefficient (Wildman–Crippen LogP) is 6.28. The van der Waals surface area contributed by atoms with Crippen LogP contribution >= 0.6 is 11.6 Å². The summed E-state index contributed by atoms with van der Waals surface area (Å²) in [5.74, 6) is -0.452. The molecule has 0 saturated heterocycles. The molecule has 3 aromatic carbocycles. The first-order valence-electron chi connectivity index (χ1n) is 11.2. The van der Waals surface area contributed by atoms with E-state index in [9.17, 15) is 22.8 Å². The number of anilines is 1. The quantitative estimate of drug-likeness (QED) is 0.268. The number of hydrogen-bond acceptors (Lipinski definition) is 5. The largest absolute Gasteiger partial charge is 0.417 e. The first-order valence-corrected chi connectivity index (χ1v) is 11.6. The lowest BCUT2D eigenvalue weighted by molar-refractivity contribution is -0.137. The summed E-state index contributed by atoms with van der Waals surface area (Å²) in [6.07, 6.45) is 0.263. The summed E-state index contributed by atoms with van der Waals surface area (Å²) in [7, 11) is 0. The number of amides is 1. The third kappa shape index (κ3) is 4.98. The smallest absolute Gasteiger partial charge is 0.322 e. The van der Waals surface area contributed by atoms with E-state index in [0.29, 0.717) is 39.7 Å². The minimum Gasteiger partial charge on any atom is -0.322 e. The summed E-state index contributed by atoms with van der Waals surface area (Å²) in [5, 5.41) is 2.03. The van der Waals surface area contributed by atoms with Gasteiger partial charge in [-0.05, 0) is 67.6 Å². The topological polar surface area (TPSA) is 89.8 Å². The molecule has 38 heavy (non-hydrogen) atoms. The number of rotatable bonds is 5. The molecule has 1 amide bonds. The van der Waals surface area contributed by atoms with Crippen molar-refractivity contribution in [1.82, 2.24) is 19.5 Å². The number of imidazole rings is 1. The number of carbonyl (C=O) groups excluding carboxylic acids is 2. The third-order valence-electron chi connectivity index (χ3n) is 5.80. The summed E-state index contributed by atoms with van der Waals surface area (Å²) in [6.45, 7) is 1.89. The molecule has 2 aromatic heterocycles. The van der Waals surface area contributed by atoms with Crippen molar-refractivity contribution in [3.63, 3.8) is 0 Å². The van der Waals surface area contributed by atoms with Crippen molar-refractivity contribution >= 4 is 40.0 Å². The maximum absolute atomic E-state index is 13.1. The Kier molecular flexibility index (Phi) is 6.41. The lowest BCUT2D eigenvalue weighted by Gasteiger charge is -2.11. The molecule has 0 radical (unpaired) electrons. The Morgan fingerprint density at radius 2 is 1.61 bits per heavy atom. The number of carbonyl (C=O) groups is 2.